The molecule has 1 atom stereocenters. The highest BCUT2D eigenvalue weighted by molar-refractivity contribution is 5.77. The number of nitrogens with one attached hydrogen (secondary N) is 1. The van der Waals surface area contributed by atoms with Crippen LogP contribution in [-0.2, 0) is 14.3 Å². The van der Waals surface area contributed by atoms with Gasteiger partial charge in [0.15, 0.2) is 0 Å². The second-order valence-electron chi connectivity index (χ2n) is 2.97. The highest BCUT2D eigenvalue weighted by Gasteiger charge is 2.17. The maximum Gasteiger partial charge on any atom is 0.246 e. The van der Waals surface area contributed by atoms with Crippen molar-refractivity contribution in [2.75, 3.05) is 33.0 Å². The molecule has 0 aromatic carbocycles. The molecule has 0 aromatic rings. The summed E-state index contributed by atoms with van der Waals surface area (Å²) >= 11 is 0. The Morgan fingerprint density at radius 2 is 2.54 bits per heavy atom. The molecular weight excluding hydrogens is 172 g/mol. The number of ether oxygens (including phenoxy) is 2. The second-order valence-corrected chi connectivity index (χ2v) is 2.97. The third-order valence-electron chi connectivity index (χ3n) is 1.79. The van der Waals surface area contributed by atoms with Crippen LogP contribution in [0.5, 0.6) is 0 Å². The normalized spacial score (nSPS) is 21.8. The van der Waals surface area contributed by atoms with E-state index in [0.717, 1.165) is 13.0 Å². The van der Waals surface area contributed by atoms with Crippen molar-refractivity contribution in [2.45, 2.75) is 12.5 Å². The van der Waals surface area contributed by atoms with E-state index in [-0.39, 0.29) is 18.6 Å². The van der Waals surface area contributed by atoms with Crippen molar-refractivity contribution in [2.24, 2.45) is 5.73 Å². The fourth-order valence-corrected chi connectivity index (χ4v) is 1.17. The van der Waals surface area contributed by atoms with Gasteiger partial charge < -0.3 is 20.5 Å². The van der Waals surface area contributed by atoms with Gasteiger partial charge in [0.05, 0.1) is 19.3 Å². The predicted octanol–water partition coefficient (Wildman–Crippen LogP) is -1.13. The summed E-state index contributed by atoms with van der Waals surface area (Å²) in [5.41, 5.74) is 5.20. The molecule has 0 bridgehead atoms. The fourth-order valence-electron chi connectivity index (χ4n) is 1.17. The summed E-state index contributed by atoms with van der Waals surface area (Å²) in [4.78, 5) is 11.1. The van der Waals surface area contributed by atoms with Gasteiger partial charge in [0, 0.05) is 13.2 Å². The quantitative estimate of drug-likeness (QED) is 0.535. The zero-order chi connectivity index (χ0) is 9.52. The number of hydrogen-bond acceptors (Lipinski definition) is 4. The third kappa shape index (κ3) is 4.21. The van der Waals surface area contributed by atoms with E-state index < -0.39 is 0 Å². The van der Waals surface area contributed by atoms with Crippen LogP contribution in [0.2, 0.25) is 0 Å². The molecule has 76 valence electrons. The monoisotopic (exact) mass is 188 g/mol. The lowest BCUT2D eigenvalue weighted by Gasteiger charge is -2.10. The Bertz CT molecular complexity index is 157. The van der Waals surface area contributed by atoms with E-state index in [1.807, 2.05) is 0 Å². The third-order valence-corrected chi connectivity index (χ3v) is 1.79. The molecule has 0 radical (unpaired) electrons. The first-order valence-corrected chi connectivity index (χ1v) is 4.48. The first-order chi connectivity index (χ1) is 6.33. The largest absolute Gasteiger partial charge is 0.379 e. The van der Waals surface area contributed by atoms with Crippen molar-refractivity contribution in [1.29, 1.82) is 0 Å². The van der Waals surface area contributed by atoms with Crippen LogP contribution < -0.4 is 11.1 Å². The lowest BCUT2D eigenvalue weighted by molar-refractivity contribution is -0.126. The standard InChI is InChI=1S/C8H16N2O3/c9-2-4-13-6-8(11)10-7-1-3-12-5-7/h7H,1-6,9H2,(H,10,11). The van der Waals surface area contributed by atoms with E-state index in [1.165, 1.54) is 0 Å². The average Bonchev–Trinajstić information content (AvgIpc) is 2.57. The number of carbonyl (C=O) groups excluding carboxylic acids is 1. The molecule has 5 heteroatoms. The minimum Gasteiger partial charge on any atom is -0.379 e. The fraction of sp³-hybridized carbons (Fsp3) is 0.875. The van der Waals surface area contributed by atoms with Crippen molar-refractivity contribution in [3.05, 3.63) is 0 Å². The van der Waals surface area contributed by atoms with Gasteiger partial charge in [0.25, 0.3) is 0 Å². The molecule has 0 spiro atoms. The SMILES string of the molecule is NCCOCC(=O)NC1CCOC1. The minimum absolute atomic E-state index is 0.0910. The Labute approximate surface area is 77.6 Å². The molecule has 1 fully saturated rings. The molecular formula is C8H16N2O3. The van der Waals surface area contributed by atoms with Crippen LogP contribution in [0.15, 0.2) is 0 Å². The number of amides is 1. The number of nitrogens with two attached hydrogens (primary N) is 1. The molecule has 0 aromatic heterocycles. The van der Waals surface area contributed by atoms with E-state index in [9.17, 15) is 4.79 Å². The first kappa shape index (κ1) is 10.4. The predicted molar refractivity (Wildman–Crippen MR) is 47.2 cm³/mol. The summed E-state index contributed by atoms with van der Waals surface area (Å²) in [6.45, 7) is 2.30. The summed E-state index contributed by atoms with van der Waals surface area (Å²) in [6, 6.07) is 0.161. The summed E-state index contributed by atoms with van der Waals surface area (Å²) in [5, 5.41) is 2.81. The lowest BCUT2D eigenvalue weighted by atomic mass is 10.2. The number of carbonyl (C=O) groups is 1. The summed E-state index contributed by atoms with van der Waals surface area (Å²) < 4.78 is 10.1. The smallest absolute Gasteiger partial charge is 0.246 e. The average molecular weight is 188 g/mol. The van der Waals surface area contributed by atoms with Crippen LogP contribution in [-0.4, -0.2) is 44.9 Å². The molecule has 1 saturated heterocycles. The van der Waals surface area contributed by atoms with Crippen LogP contribution in [0.25, 0.3) is 0 Å². The topological polar surface area (TPSA) is 73.6 Å². The van der Waals surface area contributed by atoms with Gasteiger partial charge in [-0.15, -0.1) is 0 Å². The van der Waals surface area contributed by atoms with Crippen LogP contribution in [0.4, 0.5) is 0 Å². The second kappa shape index (κ2) is 5.90. The van der Waals surface area contributed by atoms with Gasteiger partial charge in [-0.3, -0.25) is 4.79 Å². The molecule has 1 amide bonds. The Kier molecular flexibility index (Phi) is 4.74. The van der Waals surface area contributed by atoms with Crippen molar-refractivity contribution in [1.82, 2.24) is 5.32 Å². The Morgan fingerprint density at radius 1 is 1.69 bits per heavy atom. The van der Waals surface area contributed by atoms with Gasteiger partial charge in [-0.05, 0) is 6.42 Å². The summed E-state index contributed by atoms with van der Waals surface area (Å²) in [7, 11) is 0. The molecule has 3 N–H and O–H groups in total. The zero-order valence-electron chi connectivity index (χ0n) is 7.62. The lowest BCUT2D eigenvalue weighted by Crippen LogP contribution is -2.37. The molecule has 1 aliphatic rings. The van der Waals surface area contributed by atoms with E-state index in [0.29, 0.717) is 19.8 Å². The number of hydrogen-bond donors (Lipinski definition) is 2. The molecule has 5 nitrogen and oxygen atoms in total. The minimum atomic E-state index is -0.0936. The molecule has 13 heavy (non-hydrogen) atoms. The number of rotatable bonds is 5. The molecule has 1 rings (SSSR count). The van der Waals surface area contributed by atoms with Gasteiger partial charge >= 0.3 is 0 Å². The highest BCUT2D eigenvalue weighted by atomic mass is 16.5. The van der Waals surface area contributed by atoms with Crippen LogP contribution >= 0.6 is 0 Å². The van der Waals surface area contributed by atoms with Crippen molar-refractivity contribution < 1.29 is 14.3 Å². The maximum atomic E-state index is 11.1. The first-order valence-electron chi connectivity index (χ1n) is 4.48. The van der Waals surface area contributed by atoms with Gasteiger partial charge in [-0.25, -0.2) is 0 Å². The van der Waals surface area contributed by atoms with Crippen molar-refractivity contribution in [3.63, 3.8) is 0 Å². The Hall–Kier alpha value is -0.650. The van der Waals surface area contributed by atoms with Crippen molar-refractivity contribution in [3.8, 4) is 0 Å². The van der Waals surface area contributed by atoms with E-state index >= 15 is 0 Å². The van der Waals surface area contributed by atoms with Crippen LogP contribution in [0.1, 0.15) is 6.42 Å². The van der Waals surface area contributed by atoms with Gasteiger partial charge in [0.1, 0.15) is 6.61 Å². The zero-order valence-corrected chi connectivity index (χ0v) is 7.62. The van der Waals surface area contributed by atoms with Gasteiger partial charge in [-0.1, -0.05) is 0 Å². The maximum absolute atomic E-state index is 11.1. The molecule has 1 unspecified atom stereocenters. The van der Waals surface area contributed by atoms with Gasteiger partial charge in [-0.2, -0.15) is 0 Å². The van der Waals surface area contributed by atoms with Gasteiger partial charge in [0.2, 0.25) is 5.91 Å². The van der Waals surface area contributed by atoms with E-state index in [1.54, 1.807) is 0 Å². The van der Waals surface area contributed by atoms with Crippen molar-refractivity contribution >= 4 is 5.91 Å². The van der Waals surface area contributed by atoms with Crippen LogP contribution in [0, 0.1) is 0 Å². The van der Waals surface area contributed by atoms with E-state index in [2.05, 4.69) is 5.32 Å². The van der Waals surface area contributed by atoms with Crippen LogP contribution in [0.3, 0.4) is 0 Å². The Balaban J connectivity index is 2.02. The summed E-state index contributed by atoms with van der Waals surface area (Å²) in [5.74, 6) is -0.0936. The molecule has 1 heterocycles. The molecule has 0 aliphatic carbocycles. The summed E-state index contributed by atoms with van der Waals surface area (Å²) in [6.07, 6.45) is 0.891. The highest BCUT2D eigenvalue weighted by Crippen LogP contribution is 2.02. The Morgan fingerprint density at radius 3 is 3.15 bits per heavy atom. The van der Waals surface area contributed by atoms with E-state index in [4.69, 9.17) is 15.2 Å². The molecule has 0 saturated carbocycles. The molecule has 1 aliphatic heterocycles.